The van der Waals surface area contributed by atoms with E-state index >= 15 is 0 Å². The lowest BCUT2D eigenvalue weighted by Gasteiger charge is -2.31. The maximum atomic E-state index is 11.1. The second-order valence-corrected chi connectivity index (χ2v) is 6.12. The van der Waals surface area contributed by atoms with Gasteiger partial charge < -0.3 is 25.8 Å². The fourth-order valence-corrected chi connectivity index (χ4v) is 2.98. The van der Waals surface area contributed by atoms with Crippen molar-refractivity contribution in [2.24, 2.45) is 0 Å². The Morgan fingerprint density at radius 3 is 2.84 bits per heavy atom. The second-order valence-electron chi connectivity index (χ2n) is 6.12. The molecule has 0 bridgehead atoms. The van der Waals surface area contributed by atoms with Crippen molar-refractivity contribution in [1.82, 2.24) is 24.6 Å². The maximum absolute atomic E-state index is 11.1. The van der Waals surface area contributed by atoms with Gasteiger partial charge in [0.25, 0.3) is 0 Å². The van der Waals surface area contributed by atoms with Crippen molar-refractivity contribution in [2.75, 3.05) is 33.0 Å². The third-order valence-electron chi connectivity index (χ3n) is 4.27. The molecule has 0 aliphatic carbocycles. The van der Waals surface area contributed by atoms with E-state index in [0.29, 0.717) is 11.2 Å². The van der Waals surface area contributed by atoms with Crippen molar-refractivity contribution in [3.63, 3.8) is 0 Å². The number of ether oxygens (including phenoxy) is 1. The Kier molecular flexibility index (Phi) is 4.86. The van der Waals surface area contributed by atoms with Crippen LogP contribution >= 0.6 is 0 Å². The summed E-state index contributed by atoms with van der Waals surface area (Å²) in [6.07, 6.45) is -0.544. The van der Waals surface area contributed by atoms with Crippen LogP contribution in [0.5, 0.6) is 0 Å². The standard InChI is InChI=1S/C14H22N6O5/c1-19(2)24-4-3-14(23)10(22)8(5-21)25-13(14)20-7-18-9-11(15)16-6-17-12(9)20/h6-8,10,13,21-23H,3-5H2,1-2H3,(H2,15,16,17)/t8-,10-,13-,14-/m1/s1. The first-order valence-electron chi connectivity index (χ1n) is 7.78. The third-order valence-corrected chi connectivity index (χ3v) is 4.27. The zero-order chi connectivity index (χ0) is 18.2. The molecule has 0 radical (unpaired) electrons. The largest absolute Gasteiger partial charge is 0.394 e. The van der Waals surface area contributed by atoms with E-state index in [4.69, 9.17) is 15.3 Å². The zero-order valence-electron chi connectivity index (χ0n) is 14.0. The van der Waals surface area contributed by atoms with Crippen molar-refractivity contribution in [1.29, 1.82) is 0 Å². The predicted octanol–water partition coefficient (Wildman–Crippen LogP) is -1.73. The van der Waals surface area contributed by atoms with Crippen molar-refractivity contribution in [3.8, 4) is 0 Å². The number of aromatic nitrogens is 4. The second kappa shape index (κ2) is 6.78. The van der Waals surface area contributed by atoms with E-state index in [1.165, 1.54) is 22.3 Å². The average molecular weight is 354 g/mol. The quantitative estimate of drug-likeness (QED) is 0.440. The van der Waals surface area contributed by atoms with Crippen LogP contribution in [0.1, 0.15) is 12.6 Å². The molecule has 0 spiro atoms. The molecule has 11 heteroatoms. The molecule has 1 saturated heterocycles. The highest BCUT2D eigenvalue weighted by molar-refractivity contribution is 5.81. The minimum Gasteiger partial charge on any atom is -0.394 e. The molecular weight excluding hydrogens is 332 g/mol. The topological polar surface area (TPSA) is 152 Å². The lowest BCUT2D eigenvalue weighted by molar-refractivity contribution is -0.163. The van der Waals surface area contributed by atoms with Crippen LogP contribution in [0.3, 0.4) is 0 Å². The number of anilines is 1. The molecule has 0 aromatic carbocycles. The minimum atomic E-state index is -1.71. The van der Waals surface area contributed by atoms with Gasteiger partial charge in [-0.05, 0) is 0 Å². The molecule has 1 fully saturated rings. The van der Waals surface area contributed by atoms with Gasteiger partial charge in [0.15, 0.2) is 17.7 Å². The molecule has 4 atom stereocenters. The zero-order valence-corrected chi connectivity index (χ0v) is 14.0. The van der Waals surface area contributed by atoms with Crippen LogP contribution in [0.2, 0.25) is 0 Å². The molecular formula is C14H22N6O5. The first kappa shape index (κ1) is 17.9. The van der Waals surface area contributed by atoms with E-state index in [1.54, 1.807) is 14.1 Å². The number of imidazole rings is 1. The summed E-state index contributed by atoms with van der Waals surface area (Å²) in [7, 11) is 3.42. The Hall–Kier alpha value is -1.89. The molecule has 0 saturated carbocycles. The van der Waals surface area contributed by atoms with Gasteiger partial charge in [-0.1, -0.05) is 0 Å². The third kappa shape index (κ3) is 3.05. The van der Waals surface area contributed by atoms with Crippen LogP contribution in [0.4, 0.5) is 5.82 Å². The van der Waals surface area contributed by atoms with Gasteiger partial charge in [0.05, 0.1) is 19.5 Å². The number of fused-ring (bicyclic) bond motifs is 1. The number of hydrogen-bond acceptors (Lipinski definition) is 10. The normalized spacial score (nSPS) is 29.8. The van der Waals surface area contributed by atoms with Gasteiger partial charge in [-0.3, -0.25) is 9.40 Å². The molecule has 11 nitrogen and oxygen atoms in total. The minimum absolute atomic E-state index is 0.0632. The van der Waals surface area contributed by atoms with Gasteiger partial charge in [-0.25, -0.2) is 15.0 Å². The summed E-state index contributed by atoms with van der Waals surface area (Å²) >= 11 is 0. The smallest absolute Gasteiger partial charge is 0.168 e. The van der Waals surface area contributed by atoms with E-state index < -0.39 is 30.6 Å². The Labute approximate surface area is 143 Å². The van der Waals surface area contributed by atoms with E-state index in [0.717, 1.165) is 0 Å². The number of hydrogen-bond donors (Lipinski definition) is 4. The number of nitrogens with zero attached hydrogens (tertiary/aromatic N) is 5. The molecule has 3 heterocycles. The van der Waals surface area contributed by atoms with Crippen molar-refractivity contribution < 1.29 is 24.9 Å². The highest BCUT2D eigenvalue weighted by atomic mass is 16.7. The van der Waals surface area contributed by atoms with E-state index in [1.807, 2.05) is 0 Å². The number of aliphatic hydroxyl groups excluding tert-OH is 2. The number of rotatable bonds is 6. The van der Waals surface area contributed by atoms with Crippen LogP contribution < -0.4 is 5.73 Å². The number of nitrogen functional groups attached to an aromatic ring is 1. The Morgan fingerprint density at radius 2 is 2.16 bits per heavy atom. The van der Waals surface area contributed by atoms with Crippen molar-refractivity contribution in [2.45, 2.75) is 30.5 Å². The first-order valence-corrected chi connectivity index (χ1v) is 7.78. The lowest BCUT2D eigenvalue weighted by atomic mass is 9.90. The highest BCUT2D eigenvalue weighted by Crippen LogP contribution is 2.42. The van der Waals surface area contributed by atoms with Gasteiger partial charge in [0.1, 0.15) is 29.7 Å². The summed E-state index contributed by atoms with van der Waals surface area (Å²) < 4.78 is 7.17. The monoisotopic (exact) mass is 354 g/mol. The van der Waals surface area contributed by atoms with Gasteiger partial charge in [0.2, 0.25) is 0 Å². The summed E-state index contributed by atoms with van der Waals surface area (Å²) in [5.41, 5.74) is 4.79. The molecule has 0 unspecified atom stereocenters. The van der Waals surface area contributed by atoms with E-state index in [2.05, 4.69) is 15.0 Å². The molecule has 2 aromatic heterocycles. The summed E-state index contributed by atoms with van der Waals surface area (Å²) in [4.78, 5) is 17.5. The van der Waals surface area contributed by atoms with E-state index in [9.17, 15) is 15.3 Å². The molecule has 5 N–H and O–H groups in total. The SMILES string of the molecule is CN(C)OCC[C@@]1(O)[C@H](O)[C@@H](CO)O[C@H]1n1cnc2c(N)ncnc21. The van der Waals surface area contributed by atoms with Crippen LogP contribution in [-0.4, -0.2) is 85.0 Å². The van der Waals surface area contributed by atoms with Gasteiger partial charge >= 0.3 is 0 Å². The van der Waals surface area contributed by atoms with Gasteiger partial charge in [-0.15, -0.1) is 0 Å². The lowest BCUT2D eigenvalue weighted by Crippen LogP contribution is -2.48. The molecule has 1 aliphatic heterocycles. The van der Waals surface area contributed by atoms with Gasteiger partial charge in [0, 0.05) is 20.5 Å². The fraction of sp³-hybridized carbons (Fsp3) is 0.643. The Balaban J connectivity index is 1.97. The summed E-state index contributed by atoms with van der Waals surface area (Å²) in [6, 6.07) is 0. The summed E-state index contributed by atoms with van der Waals surface area (Å²) in [5, 5.41) is 32.5. The number of hydroxylamine groups is 2. The van der Waals surface area contributed by atoms with Crippen LogP contribution in [-0.2, 0) is 9.57 Å². The molecule has 2 aromatic rings. The molecule has 0 amide bonds. The van der Waals surface area contributed by atoms with Crippen LogP contribution in [0.25, 0.3) is 11.2 Å². The van der Waals surface area contributed by atoms with E-state index in [-0.39, 0.29) is 18.8 Å². The van der Waals surface area contributed by atoms with Crippen LogP contribution in [0, 0.1) is 0 Å². The maximum Gasteiger partial charge on any atom is 0.168 e. The summed E-state index contributed by atoms with van der Waals surface area (Å²) in [6.45, 7) is -0.305. The average Bonchev–Trinajstić information content (AvgIpc) is 3.09. The Morgan fingerprint density at radius 1 is 1.40 bits per heavy atom. The number of aliphatic hydroxyl groups is 3. The van der Waals surface area contributed by atoms with Crippen LogP contribution in [0.15, 0.2) is 12.7 Å². The van der Waals surface area contributed by atoms with Crippen molar-refractivity contribution >= 4 is 17.0 Å². The summed E-state index contributed by atoms with van der Waals surface area (Å²) in [5.74, 6) is 0.195. The highest BCUT2D eigenvalue weighted by Gasteiger charge is 2.56. The molecule has 1 aliphatic rings. The molecule has 3 rings (SSSR count). The number of nitrogens with two attached hydrogens (primary N) is 1. The fourth-order valence-electron chi connectivity index (χ4n) is 2.98. The molecule has 138 valence electrons. The van der Waals surface area contributed by atoms with Gasteiger partial charge in [-0.2, -0.15) is 5.06 Å². The van der Waals surface area contributed by atoms with Crippen molar-refractivity contribution in [3.05, 3.63) is 12.7 Å². The predicted molar refractivity (Wildman–Crippen MR) is 85.9 cm³/mol. The Bertz CT molecular complexity index is 740. The molecule has 25 heavy (non-hydrogen) atoms. The first-order chi connectivity index (χ1) is 11.9.